The highest BCUT2D eigenvalue weighted by molar-refractivity contribution is 5.89. The molecule has 0 aliphatic carbocycles. The molecule has 0 atom stereocenters. The van der Waals surface area contributed by atoms with Gasteiger partial charge < -0.3 is 9.80 Å². The van der Waals surface area contributed by atoms with E-state index in [1.54, 1.807) is 24.3 Å². The maximum Gasteiger partial charge on any atom is 0.451 e. The molecule has 6 nitrogen and oxygen atoms in total. The van der Waals surface area contributed by atoms with E-state index in [1.807, 2.05) is 9.80 Å². The summed E-state index contributed by atoms with van der Waals surface area (Å²) in [5, 5.41) is 0.608. The number of likely N-dealkylation sites (tertiary alicyclic amines) is 1. The summed E-state index contributed by atoms with van der Waals surface area (Å²) in [6, 6.07) is 6.75. The van der Waals surface area contributed by atoms with E-state index in [1.165, 1.54) is 0 Å². The highest BCUT2D eigenvalue weighted by Crippen LogP contribution is 2.32. The Morgan fingerprint density at radius 3 is 2.32 bits per heavy atom. The van der Waals surface area contributed by atoms with E-state index in [9.17, 15) is 18.0 Å². The molecule has 0 radical (unpaired) electrons. The zero-order valence-electron chi connectivity index (χ0n) is 15.5. The van der Waals surface area contributed by atoms with E-state index < -0.39 is 12.0 Å². The first-order valence-corrected chi connectivity index (χ1v) is 9.51. The summed E-state index contributed by atoms with van der Waals surface area (Å²) in [5.74, 6) is -0.672. The SMILES string of the molecule is O=C(CN1CCN(c2nc(C(F)(F)F)nc3ccccc23)CC1)N1CCCC1. The van der Waals surface area contributed by atoms with Crippen molar-refractivity contribution >= 4 is 22.6 Å². The fourth-order valence-electron chi connectivity index (χ4n) is 3.80. The number of anilines is 1. The van der Waals surface area contributed by atoms with Crippen LogP contribution in [0.5, 0.6) is 0 Å². The molecule has 1 aromatic heterocycles. The maximum absolute atomic E-state index is 13.2. The minimum atomic E-state index is -4.59. The van der Waals surface area contributed by atoms with E-state index in [2.05, 4.69) is 14.9 Å². The molecule has 0 N–H and O–H groups in total. The van der Waals surface area contributed by atoms with Crippen LogP contribution in [0.2, 0.25) is 0 Å². The monoisotopic (exact) mass is 393 g/mol. The summed E-state index contributed by atoms with van der Waals surface area (Å²) in [5.41, 5.74) is 0.284. The lowest BCUT2D eigenvalue weighted by Gasteiger charge is -2.36. The highest BCUT2D eigenvalue weighted by Gasteiger charge is 2.36. The molecular weight excluding hydrogens is 371 g/mol. The number of rotatable bonds is 3. The second-order valence-corrected chi connectivity index (χ2v) is 7.24. The second-order valence-electron chi connectivity index (χ2n) is 7.24. The Labute approximate surface area is 160 Å². The molecule has 2 fully saturated rings. The molecule has 3 heterocycles. The number of nitrogens with zero attached hydrogens (tertiary/aromatic N) is 5. The number of fused-ring (bicyclic) bond motifs is 1. The van der Waals surface area contributed by atoms with Crippen LogP contribution in [0.3, 0.4) is 0 Å². The zero-order valence-corrected chi connectivity index (χ0v) is 15.5. The summed E-state index contributed by atoms with van der Waals surface area (Å²) in [7, 11) is 0. The van der Waals surface area contributed by atoms with Crippen molar-refractivity contribution < 1.29 is 18.0 Å². The maximum atomic E-state index is 13.2. The van der Waals surface area contributed by atoms with Crippen LogP contribution in [0.15, 0.2) is 24.3 Å². The van der Waals surface area contributed by atoms with Crippen molar-refractivity contribution in [2.45, 2.75) is 19.0 Å². The van der Waals surface area contributed by atoms with Gasteiger partial charge in [-0.05, 0) is 25.0 Å². The third-order valence-electron chi connectivity index (χ3n) is 5.33. The second kappa shape index (κ2) is 7.54. The Bertz CT molecular complexity index is 858. The molecule has 1 aromatic carbocycles. The smallest absolute Gasteiger partial charge is 0.353 e. The minimum Gasteiger partial charge on any atom is -0.353 e. The highest BCUT2D eigenvalue weighted by atomic mass is 19.4. The number of hydrogen-bond donors (Lipinski definition) is 0. The summed E-state index contributed by atoms with van der Waals surface area (Å²) >= 11 is 0. The van der Waals surface area contributed by atoms with Gasteiger partial charge in [0.15, 0.2) is 0 Å². The number of alkyl halides is 3. The molecule has 0 spiro atoms. The Morgan fingerprint density at radius 1 is 0.964 bits per heavy atom. The summed E-state index contributed by atoms with van der Waals surface area (Å²) < 4.78 is 39.7. The number of amides is 1. The van der Waals surface area contributed by atoms with Gasteiger partial charge in [0.1, 0.15) is 5.82 Å². The number of benzene rings is 1. The van der Waals surface area contributed by atoms with Gasteiger partial charge in [-0.15, -0.1) is 0 Å². The zero-order chi connectivity index (χ0) is 19.7. The normalized spacial score (nSPS) is 18.8. The van der Waals surface area contributed by atoms with Crippen LogP contribution in [0.1, 0.15) is 18.7 Å². The molecule has 4 rings (SSSR count). The molecule has 1 amide bonds. The molecule has 9 heteroatoms. The van der Waals surface area contributed by atoms with E-state index in [-0.39, 0.29) is 11.4 Å². The van der Waals surface area contributed by atoms with Crippen LogP contribution in [-0.2, 0) is 11.0 Å². The van der Waals surface area contributed by atoms with Crippen molar-refractivity contribution in [2.75, 3.05) is 50.7 Å². The molecular formula is C19H22F3N5O. The van der Waals surface area contributed by atoms with Crippen molar-refractivity contribution in [2.24, 2.45) is 0 Å². The molecule has 0 unspecified atom stereocenters. The standard InChI is InChI=1S/C19H22F3N5O/c20-19(21,22)18-23-15-6-2-1-5-14(15)17(24-18)27-11-9-25(10-12-27)13-16(28)26-7-3-4-8-26/h1-2,5-6H,3-4,7-13H2. The Morgan fingerprint density at radius 2 is 1.64 bits per heavy atom. The number of piperazine rings is 1. The third kappa shape index (κ3) is 3.89. The molecule has 0 saturated carbocycles. The molecule has 2 aromatic rings. The number of carbonyl (C=O) groups excluding carboxylic acids is 1. The third-order valence-corrected chi connectivity index (χ3v) is 5.33. The van der Waals surface area contributed by atoms with E-state index in [4.69, 9.17) is 0 Å². The van der Waals surface area contributed by atoms with Crippen LogP contribution in [0.25, 0.3) is 10.9 Å². The molecule has 2 aliphatic heterocycles. The van der Waals surface area contributed by atoms with Crippen molar-refractivity contribution in [3.63, 3.8) is 0 Å². The number of halogens is 3. The molecule has 150 valence electrons. The van der Waals surface area contributed by atoms with Crippen LogP contribution < -0.4 is 4.90 Å². The predicted molar refractivity (Wildman–Crippen MR) is 99.0 cm³/mol. The van der Waals surface area contributed by atoms with Gasteiger partial charge in [-0.2, -0.15) is 13.2 Å². The average Bonchev–Trinajstić information content (AvgIpc) is 3.22. The predicted octanol–water partition coefficient (Wildman–Crippen LogP) is 2.39. The van der Waals surface area contributed by atoms with E-state index in [0.717, 1.165) is 25.9 Å². The largest absolute Gasteiger partial charge is 0.451 e. The number of carbonyl (C=O) groups is 1. The lowest BCUT2D eigenvalue weighted by molar-refractivity contribution is -0.144. The fourth-order valence-corrected chi connectivity index (χ4v) is 3.80. The fraction of sp³-hybridized carbons (Fsp3) is 0.526. The average molecular weight is 393 g/mol. The summed E-state index contributed by atoms with van der Waals surface area (Å²) in [4.78, 5) is 25.6. The Kier molecular flexibility index (Phi) is 5.09. The van der Waals surface area contributed by atoms with Gasteiger partial charge >= 0.3 is 6.18 Å². The van der Waals surface area contributed by atoms with Crippen molar-refractivity contribution in [3.8, 4) is 0 Å². The molecule has 0 bridgehead atoms. The van der Waals surface area contributed by atoms with Gasteiger partial charge in [0, 0.05) is 44.7 Å². The van der Waals surface area contributed by atoms with Crippen molar-refractivity contribution in [1.29, 1.82) is 0 Å². The number of aromatic nitrogens is 2. The first-order valence-electron chi connectivity index (χ1n) is 9.51. The van der Waals surface area contributed by atoms with Crippen LogP contribution in [0, 0.1) is 0 Å². The van der Waals surface area contributed by atoms with E-state index >= 15 is 0 Å². The van der Waals surface area contributed by atoms with Crippen molar-refractivity contribution in [3.05, 3.63) is 30.1 Å². The first kappa shape index (κ1) is 18.9. The van der Waals surface area contributed by atoms with Gasteiger partial charge in [0.05, 0.1) is 12.1 Å². The summed E-state index contributed by atoms with van der Waals surface area (Å²) in [6.07, 6.45) is -2.48. The number of hydrogen-bond acceptors (Lipinski definition) is 5. The Balaban J connectivity index is 1.49. The summed E-state index contributed by atoms with van der Waals surface area (Å²) in [6.45, 7) is 4.28. The lowest BCUT2D eigenvalue weighted by atomic mass is 10.2. The number of para-hydroxylation sites is 1. The van der Waals surface area contributed by atoms with Crippen LogP contribution in [0.4, 0.5) is 19.0 Å². The van der Waals surface area contributed by atoms with Gasteiger partial charge in [-0.1, -0.05) is 12.1 Å². The lowest BCUT2D eigenvalue weighted by Crippen LogP contribution is -2.50. The van der Waals surface area contributed by atoms with Crippen LogP contribution in [-0.4, -0.2) is 71.5 Å². The van der Waals surface area contributed by atoms with Gasteiger partial charge in [0.2, 0.25) is 11.7 Å². The van der Waals surface area contributed by atoms with Gasteiger partial charge in [0.25, 0.3) is 0 Å². The van der Waals surface area contributed by atoms with Crippen LogP contribution >= 0.6 is 0 Å². The van der Waals surface area contributed by atoms with Crippen molar-refractivity contribution in [1.82, 2.24) is 19.8 Å². The van der Waals surface area contributed by atoms with Gasteiger partial charge in [-0.3, -0.25) is 9.69 Å². The first-order chi connectivity index (χ1) is 13.4. The molecule has 2 saturated heterocycles. The quantitative estimate of drug-likeness (QED) is 0.802. The minimum absolute atomic E-state index is 0.137. The Hall–Kier alpha value is -2.42. The molecule has 2 aliphatic rings. The van der Waals surface area contributed by atoms with Gasteiger partial charge in [-0.25, -0.2) is 9.97 Å². The van der Waals surface area contributed by atoms with E-state index in [0.29, 0.717) is 43.9 Å². The topological polar surface area (TPSA) is 52.6 Å². The molecule has 28 heavy (non-hydrogen) atoms.